The first-order chi connectivity index (χ1) is 22.7. The van der Waals surface area contributed by atoms with Crippen molar-refractivity contribution in [1.82, 2.24) is 45.9 Å². The number of nitrogens with two attached hydrogens (primary N) is 2. The van der Waals surface area contributed by atoms with Crippen molar-refractivity contribution < 1.29 is 19.5 Å². The summed E-state index contributed by atoms with van der Waals surface area (Å²) in [5.74, 6) is -1.21. The lowest BCUT2D eigenvalue weighted by Gasteiger charge is -2.19. The number of aromatic amines is 1. The lowest BCUT2D eigenvalue weighted by molar-refractivity contribution is -0.139. The molecule has 0 bridgehead atoms. The van der Waals surface area contributed by atoms with E-state index in [1.807, 2.05) is 25.1 Å². The van der Waals surface area contributed by atoms with E-state index < -0.39 is 17.9 Å². The molecule has 0 saturated heterocycles. The van der Waals surface area contributed by atoms with Crippen molar-refractivity contribution in [3.8, 4) is 11.4 Å². The van der Waals surface area contributed by atoms with E-state index in [1.54, 1.807) is 24.4 Å². The SMILES string of the molecule is Cc1ccc(C(=O)CCCC[C@H](NC(=O)c2ccc3c(c2)CCN3Cc2cnc3nc(N)nc(N)c3n2)C(=O)O)c(-c2nn[nH]n2)c1. The van der Waals surface area contributed by atoms with Crippen LogP contribution in [-0.2, 0) is 17.8 Å². The van der Waals surface area contributed by atoms with Gasteiger partial charge in [-0.3, -0.25) is 9.59 Å². The van der Waals surface area contributed by atoms with Gasteiger partial charge in [0.1, 0.15) is 6.04 Å². The Morgan fingerprint density at radius 3 is 2.72 bits per heavy atom. The summed E-state index contributed by atoms with van der Waals surface area (Å²) in [5, 5.41) is 26.4. The summed E-state index contributed by atoms with van der Waals surface area (Å²) in [6.45, 7) is 3.06. The standard InChI is InChI=1S/C31H32N12O4/c1-16-6-8-20(21(12-16)27-39-41-42-40-27)24(44)5-3-2-4-22(30(46)47)36-29(45)18-7-9-23-17(13-18)10-11-43(23)15-19-14-34-28-25(35-19)26(32)37-31(33)38-28/h6-9,12-14,22H,2-5,10-11,15H2,1H3,(H,36,45)(H,46,47)(H,39,40,41,42)(H4,32,33,34,37,38)/t22-/m0/s1. The van der Waals surface area contributed by atoms with Gasteiger partial charge in [0, 0.05) is 35.3 Å². The van der Waals surface area contributed by atoms with Crippen LogP contribution < -0.4 is 21.7 Å². The number of anilines is 3. The van der Waals surface area contributed by atoms with Crippen LogP contribution in [0.3, 0.4) is 0 Å². The van der Waals surface area contributed by atoms with Crippen LogP contribution in [0.5, 0.6) is 0 Å². The van der Waals surface area contributed by atoms with Crippen LogP contribution in [0, 0.1) is 6.92 Å². The number of aromatic nitrogens is 8. The number of nitrogens with one attached hydrogen (secondary N) is 2. The highest BCUT2D eigenvalue weighted by Crippen LogP contribution is 2.30. The maximum absolute atomic E-state index is 13.1. The third kappa shape index (κ3) is 6.80. The van der Waals surface area contributed by atoms with E-state index in [4.69, 9.17) is 11.5 Å². The Kier molecular flexibility index (Phi) is 8.64. The van der Waals surface area contributed by atoms with Gasteiger partial charge in [0.15, 0.2) is 22.8 Å². The number of benzene rings is 2. The zero-order valence-corrected chi connectivity index (χ0v) is 25.5. The van der Waals surface area contributed by atoms with Crippen molar-refractivity contribution >= 4 is 46.3 Å². The number of aliphatic carboxylic acids is 1. The molecule has 1 atom stereocenters. The summed E-state index contributed by atoms with van der Waals surface area (Å²) in [5.41, 5.74) is 17.3. The smallest absolute Gasteiger partial charge is 0.326 e. The van der Waals surface area contributed by atoms with Gasteiger partial charge in [0.25, 0.3) is 5.91 Å². The molecular formula is C31H32N12O4. The number of hydrogen-bond acceptors (Lipinski definition) is 13. The van der Waals surface area contributed by atoms with Crippen LogP contribution in [0.15, 0.2) is 42.6 Å². The normalized spacial score (nSPS) is 13.0. The van der Waals surface area contributed by atoms with Crippen molar-refractivity contribution in [2.24, 2.45) is 0 Å². The van der Waals surface area contributed by atoms with Gasteiger partial charge in [-0.1, -0.05) is 24.1 Å². The number of nitrogens with zero attached hydrogens (tertiary/aromatic N) is 8. The molecule has 2 aromatic carbocycles. The highest BCUT2D eigenvalue weighted by molar-refractivity contribution is 6.01. The average Bonchev–Trinajstić information content (AvgIpc) is 3.73. The van der Waals surface area contributed by atoms with Crippen LogP contribution in [0.1, 0.15) is 63.2 Å². The first-order valence-corrected chi connectivity index (χ1v) is 15.0. The number of carbonyl (C=O) groups is 3. The van der Waals surface area contributed by atoms with Gasteiger partial charge in [0.05, 0.1) is 18.4 Å². The van der Waals surface area contributed by atoms with Gasteiger partial charge in [-0.25, -0.2) is 14.8 Å². The second-order valence-electron chi connectivity index (χ2n) is 11.3. The molecule has 16 nitrogen and oxygen atoms in total. The van der Waals surface area contributed by atoms with Gasteiger partial charge in [0.2, 0.25) is 11.8 Å². The van der Waals surface area contributed by atoms with Crippen LogP contribution in [0.2, 0.25) is 0 Å². The third-order valence-corrected chi connectivity index (χ3v) is 8.00. The summed E-state index contributed by atoms with van der Waals surface area (Å²) in [6, 6.07) is 9.60. The molecule has 4 heterocycles. The molecule has 6 rings (SSSR count). The number of carboxylic acid groups (broad SMARTS) is 1. The molecule has 5 aromatic rings. The summed E-state index contributed by atoms with van der Waals surface area (Å²) in [7, 11) is 0. The maximum atomic E-state index is 13.1. The first kappa shape index (κ1) is 30.9. The molecule has 0 unspecified atom stereocenters. The Morgan fingerprint density at radius 1 is 1.09 bits per heavy atom. The third-order valence-electron chi connectivity index (χ3n) is 8.00. The minimum Gasteiger partial charge on any atom is -0.480 e. The number of nitrogen functional groups attached to an aromatic ring is 2. The first-order valence-electron chi connectivity index (χ1n) is 15.0. The molecular weight excluding hydrogens is 604 g/mol. The van der Waals surface area contributed by atoms with Gasteiger partial charge in [-0.05, 0) is 61.2 Å². The molecule has 3 aromatic heterocycles. The van der Waals surface area contributed by atoms with Crippen LogP contribution in [0.25, 0.3) is 22.6 Å². The number of amides is 1. The number of unbranched alkanes of at least 4 members (excludes halogenated alkanes) is 1. The Balaban J connectivity index is 1.04. The predicted molar refractivity (Wildman–Crippen MR) is 171 cm³/mol. The number of aryl methyl sites for hydroxylation is 1. The molecule has 0 saturated carbocycles. The van der Waals surface area contributed by atoms with E-state index in [2.05, 4.69) is 50.8 Å². The van der Waals surface area contributed by atoms with Crippen molar-refractivity contribution in [3.05, 3.63) is 70.5 Å². The number of H-pyrrole nitrogens is 1. The highest BCUT2D eigenvalue weighted by Gasteiger charge is 2.25. The number of carbonyl (C=O) groups excluding carboxylic acids is 2. The van der Waals surface area contributed by atoms with Crippen molar-refractivity contribution in [3.63, 3.8) is 0 Å². The summed E-state index contributed by atoms with van der Waals surface area (Å²) < 4.78 is 0. The Labute approximate surface area is 268 Å². The topological polar surface area (TPSA) is 245 Å². The Morgan fingerprint density at radius 2 is 1.94 bits per heavy atom. The Hall–Kier alpha value is -6.06. The van der Waals surface area contributed by atoms with Gasteiger partial charge in [-0.15, -0.1) is 10.2 Å². The van der Waals surface area contributed by atoms with Crippen LogP contribution in [0.4, 0.5) is 17.5 Å². The zero-order chi connectivity index (χ0) is 33.1. The molecule has 0 fully saturated rings. The summed E-state index contributed by atoms with van der Waals surface area (Å²) in [6.07, 6.45) is 3.57. The quantitative estimate of drug-likeness (QED) is 0.0974. The van der Waals surface area contributed by atoms with Crippen molar-refractivity contribution in [2.45, 2.75) is 51.6 Å². The van der Waals surface area contributed by atoms with E-state index in [1.165, 1.54) is 0 Å². The van der Waals surface area contributed by atoms with Gasteiger partial charge < -0.3 is 26.8 Å². The number of ketones is 1. The lowest BCUT2D eigenvalue weighted by Crippen LogP contribution is -2.40. The number of fused-ring (bicyclic) bond motifs is 2. The second kappa shape index (κ2) is 13.1. The molecule has 240 valence electrons. The predicted octanol–water partition coefficient (Wildman–Crippen LogP) is 2.26. The monoisotopic (exact) mass is 636 g/mol. The Bertz CT molecular complexity index is 1980. The van der Waals surface area contributed by atoms with E-state index in [0.29, 0.717) is 71.7 Å². The zero-order valence-electron chi connectivity index (χ0n) is 25.5. The fourth-order valence-electron chi connectivity index (χ4n) is 5.66. The molecule has 7 N–H and O–H groups in total. The molecule has 1 aliphatic rings. The lowest BCUT2D eigenvalue weighted by atomic mass is 9.97. The fourth-order valence-corrected chi connectivity index (χ4v) is 5.66. The minimum absolute atomic E-state index is 0.0300. The second-order valence-corrected chi connectivity index (χ2v) is 11.3. The molecule has 0 spiro atoms. The molecule has 47 heavy (non-hydrogen) atoms. The molecule has 0 radical (unpaired) electrons. The molecule has 0 aliphatic carbocycles. The number of Topliss-reactive ketones (excluding diaryl/α,β-unsaturated/α-hetero) is 1. The number of rotatable bonds is 12. The fraction of sp³-hybridized carbons (Fsp3) is 0.290. The van der Waals surface area contributed by atoms with E-state index in [-0.39, 0.29) is 30.4 Å². The van der Waals surface area contributed by atoms with Crippen molar-refractivity contribution in [2.75, 3.05) is 22.9 Å². The number of carboxylic acids is 1. The van der Waals surface area contributed by atoms with E-state index >= 15 is 0 Å². The molecule has 1 amide bonds. The summed E-state index contributed by atoms with van der Waals surface area (Å²) >= 11 is 0. The maximum Gasteiger partial charge on any atom is 0.326 e. The average molecular weight is 637 g/mol. The van der Waals surface area contributed by atoms with Crippen molar-refractivity contribution in [1.29, 1.82) is 0 Å². The van der Waals surface area contributed by atoms with Crippen LogP contribution >= 0.6 is 0 Å². The number of tetrazole rings is 1. The number of hydrogen-bond donors (Lipinski definition) is 5. The van der Waals surface area contributed by atoms with E-state index in [0.717, 1.165) is 16.8 Å². The minimum atomic E-state index is -1.14. The molecule has 1 aliphatic heterocycles. The molecule has 16 heteroatoms. The van der Waals surface area contributed by atoms with Crippen LogP contribution in [-0.4, -0.2) is 75.9 Å². The van der Waals surface area contributed by atoms with Gasteiger partial charge >= 0.3 is 5.97 Å². The largest absolute Gasteiger partial charge is 0.480 e. The van der Waals surface area contributed by atoms with E-state index in [9.17, 15) is 19.5 Å². The summed E-state index contributed by atoms with van der Waals surface area (Å²) in [4.78, 5) is 57.1. The highest BCUT2D eigenvalue weighted by atomic mass is 16.4. The van der Waals surface area contributed by atoms with Gasteiger partial charge in [-0.2, -0.15) is 15.2 Å².